The van der Waals surface area contributed by atoms with Gasteiger partial charge < -0.3 is 25.0 Å². The van der Waals surface area contributed by atoms with Gasteiger partial charge in [-0.25, -0.2) is 18.2 Å². The van der Waals surface area contributed by atoms with Crippen molar-refractivity contribution in [1.82, 2.24) is 34.8 Å². The molecule has 3 heterocycles. The van der Waals surface area contributed by atoms with Crippen LogP contribution in [0.5, 0.6) is 6.01 Å². The number of ether oxygens (including phenoxy) is 2. The second kappa shape index (κ2) is 19.7. The summed E-state index contributed by atoms with van der Waals surface area (Å²) in [6.07, 6.45) is 7.14. The van der Waals surface area contributed by atoms with E-state index in [0.717, 1.165) is 34.6 Å². The van der Waals surface area contributed by atoms with Gasteiger partial charge in [0, 0.05) is 22.9 Å². The van der Waals surface area contributed by atoms with Crippen LogP contribution in [-0.2, 0) is 35.6 Å². The number of carbonyl (C=O) groups excluding carboxylic acids is 4. The Morgan fingerprint density at radius 2 is 1.70 bits per heavy atom. The fourth-order valence-corrected chi connectivity index (χ4v) is 12.2. The van der Waals surface area contributed by atoms with Crippen molar-refractivity contribution in [3.8, 4) is 16.6 Å². The van der Waals surface area contributed by atoms with Gasteiger partial charge in [0.05, 0.1) is 22.5 Å². The van der Waals surface area contributed by atoms with Gasteiger partial charge in [0.1, 0.15) is 39.9 Å². The van der Waals surface area contributed by atoms with E-state index < -0.39 is 73.3 Å². The zero-order valence-corrected chi connectivity index (χ0v) is 43.0. The van der Waals surface area contributed by atoms with E-state index in [1.165, 1.54) is 9.78 Å². The second-order valence-electron chi connectivity index (χ2n) is 21.3. The highest BCUT2D eigenvalue weighted by Crippen LogP contribution is 2.50. The zero-order valence-electron chi connectivity index (χ0n) is 41.4. The number of likely N-dealkylation sites (tertiary alicyclic amines) is 1. The van der Waals surface area contributed by atoms with Gasteiger partial charge in [-0.05, 0) is 115 Å². The Morgan fingerprint density at radius 3 is 2.27 bits per heavy atom. The quantitative estimate of drug-likeness (QED) is 0.0728. The highest BCUT2D eigenvalue weighted by atomic mass is 32.2. The van der Waals surface area contributed by atoms with Gasteiger partial charge in [-0.15, -0.1) is 24.5 Å². The van der Waals surface area contributed by atoms with Crippen LogP contribution < -0.4 is 20.1 Å². The Bertz CT molecular complexity index is 2480. The summed E-state index contributed by atoms with van der Waals surface area (Å²) < 4.78 is 43.2. The number of alkyl carbamates (subject to hydrolysis) is 1. The number of aromatic nitrogens is 3. The summed E-state index contributed by atoms with van der Waals surface area (Å²) in [5, 5.41) is 6.58. The van der Waals surface area contributed by atoms with Crippen LogP contribution in [0.2, 0.25) is 0 Å². The van der Waals surface area contributed by atoms with Crippen molar-refractivity contribution >= 4 is 56.2 Å². The number of rotatable bonds is 20. The van der Waals surface area contributed by atoms with Crippen LogP contribution in [0.1, 0.15) is 156 Å². The monoisotopic (exact) mass is 963 g/mol. The van der Waals surface area contributed by atoms with Crippen LogP contribution in [0.25, 0.3) is 21.6 Å². The van der Waals surface area contributed by atoms with Gasteiger partial charge in [0.2, 0.25) is 21.8 Å². The van der Waals surface area contributed by atoms with E-state index in [-0.39, 0.29) is 37.3 Å². The van der Waals surface area contributed by atoms with Crippen molar-refractivity contribution in [3.05, 3.63) is 54.1 Å². The molecule has 2 aliphatic carbocycles. The lowest BCUT2D eigenvalue weighted by molar-refractivity contribution is -0.143. The van der Waals surface area contributed by atoms with Crippen LogP contribution in [-0.4, -0.2) is 92.3 Å². The number of imidazole rings is 1. The van der Waals surface area contributed by atoms with E-state index >= 15 is 0 Å². The molecule has 5 atom stereocenters. The molecule has 0 unspecified atom stereocenters. The van der Waals surface area contributed by atoms with Crippen LogP contribution in [0, 0.1) is 11.3 Å². The van der Waals surface area contributed by atoms with Gasteiger partial charge in [-0.3, -0.25) is 23.7 Å². The molecule has 17 heteroatoms. The minimum atomic E-state index is -4.07. The number of nitrogens with zero attached hydrogens (tertiary/aromatic N) is 4. The number of fused-ring (bicyclic) bond motifs is 1. The Morgan fingerprint density at radius 1 is 1.01 bits per heavy atom. The third kappa shape index (κ3) is 11.1. The highest BCUT2D eigenvalue weighted by molar-refractivity contribution is 7.91. The van der Waals surface area contributed by atoms with Gasteiger partial charge in [-0.2, -0.15) is 4.98 Å². The molecular weight excluding hydrogens is 891 g/mol. The summed E-state index contributed by atoms with van der Waals surface area (Å²) in [7, 11) is -4.07. The molecule has 1 saturated heterocycles. The standard InChI is InChI=1S/C50H73N7O8S2/c1-14-17-19-24-49(25-26-49)67(62,63)55-44(60)50(28-32(50)16-3)54-41(58)36-27-33(29-56(36)43(59)40(47(8,9)10)53-46(61)65-48(11,12)13)64-45-52-39-34(21-20-22-35(39)57(45)31(6)7)42-51-38(30(4)5)37(66-42)23-18-15-2/h14-15,20-22,30-33,36,40H,1-2,16-19,23-29H2,3-13H3,(H,53,61)(H,54,58)(H,55,60)/t32-,33-,36+,40-,50-/m1/s1. The zero-order chi connectivity index (χ0) is 49.4. The third-order valence-corrected chi connectivity index (χ3v) is 16.5. The van der Waals surface area contributed by atoms with Crippen molar-refractivity contribution in [3.63, 3.8) is 0 Å². The van der Waals surface area contributed by atoms with Gasteiger partial charge in [-0.1, -0.05) is 66.2 Å². The molecule has 2 aromatic heterocycles. The summed E-state index contributed by atoms with van der Waals surface area (Å²) in [5.74, 6) is -2.05. The predicted molar refractivity (Wildman–Crippen MR) is 263 cm³/mol. The number of hydrogen-bond acceptors (Lipinski definition) is 11. The highest BCUT2D eigenvalue weighted by Gasteiger charge is 2.64. The number of allylic oxidation sites excluding steroid dienone is 2. The van der Waals surface area contributed by atoms with Crippen LogP contribution in [0.3, 0.4) is 0 Å². The molecule has 2 saturated carbocycles. The number of amides is 4. The molecule has 15 nitrogen and oxygen atoms in total. The predicted octanol–water partition coefficient (Wildman–Crippen LogP) is 8.89. The first-order valence-corrected chi connectivity index (χ1v) is 26.2. The molecule has 1 aliphatic heterocycles. The number of benzene rings is 1. The lowest BCUT2D eigenvalue weighted by atomic mass is 9.85. The molecule has 3 aliphatic rings. The maximum Gasteiger partial charge on any atom is 0.408 e. The van der Waals surface area contributed by atoms with Crippen LogP contribution >= 0.6 is 11.3 Å². The summed E-state index contributed by atoms with van der Waals surface area (Å²) in [6, 6.07) is 3.89. The molecule has 3 aromatic rings. The molecule has 0 spiro atoms. The van der Waals surface area contributed by atoms with Crippen molar-refractivity contribution in [2.45, 2.75) is 186 Å². The van der Waals surface area contributed by atoms with Crippen molar-refractivity contribution in [2.75, 3.05) is 6.54 Å². The number of para-hydroxylation sites is 1. The van der Waals surface area contributed by atoms with Crippen molar-refractivity contribution in [1.29, 1.82) is 0 Å². The van der Waals surface area contributed by atoms with Crippen molar-refractivity contribution < 1.29 is 37.1 Å². The lowest BCUT2D eigenvalue weighted by Crippen LogP contribution is -2.60. The van der Waals surface area contributed by atoms with E-state index in [1.807, 2.05) is 70.4 Å². The first kappa shape index (κ1) is 51.6. The fourth-order valence-electron chi connectivity index (χ4n) is 9.25. The largest absolute Gasteiger partial charge is 0.459 e. The fraction of sp³-hybridized carbons (Fsp3) is 0.640. The first-order chi connectivity index (χ1) is 31.3. The summed E-state index contributed by atoms with van der Waals surface area (Å²) in [5.41, 5.74) is 0.279. The molecule has 3 fully saturated rings. The molecule has 67 heavy (non-hydrogen) atoms. The van der Waals surface area contributed by atoms with E-state index in [2.05, 4.69) is 42.4 Å². The average molecular weight is 964 g/mol. The average Bonchev–Trinajstić information content (AvgIpc) is 4.00. The number of nitrogens with one attached hydrogen (secondary N) is 3. The smallest absolute Gasteiger partial charge is 0.408 e. The Hall–Kier alpha value is -4.77. The van der Waals surface area contributed by atoms with Crippen molar-refractivity contribution in [2.24, 2.45) is 11.3 Å². The maximum atomic E-state index is 14.9. The Balaban J connectivity index is 1.34. The molecule has 6 rings (SSSR count). The number of thiazole rings is 1. The Kier molecular flexibility index (Phi) is 15.2. The minimum Gasteiger partial charge on any atom is -0.459 e. The van der Waals surface area contributed by atoms with Crippen LogP contribution in [0.15, 0.2) is 43.5 Å². The molecule has 0 radical (unpaired) electrons. The molecule has 1 aromatic carbocycles. The summed E-state index contributed by atoms with van der Waals surface area (Å²) >= 11 is 1.65. The van der Waals surface area contributed by atoms with E-state index in [0.29, 0.717) is 50.1 Å². The van der Waals surface area contributed by atoms with E-state index in [9.17, 15) is 27.6 Å². The molecule has 368 valence electrons. The topological polar surface area (TPSA) is 191 Å². The van der Waals surface area contributed by atoms with E-state index in [1.54, 1.807) is 38.2 Å². The van der Waals surface area contributed by atoms with Gasteiger partial charge >= 0.3 is 6.09 Å². The summed E-state index contributed by atoms with van der Waals surface area (Å²) in [6.45, 7) is 28.4. The van der Waals surface area contributed by atoms with Gasteiger partial charge in [0.15, 0.2) is 0 Å². The molecule has 4 amide bonds. The van der Waals surface area contributed by atoms with Gasteiger partial charge in [0.25, 0.3) is 11.9 Å². The van der Waals surface area contributed by atoms with Crippen LogP contribution in [0.4, 0.5) is 4.79 Å². The second-order valence-corrected chi connectivity index (χ2v) is 24.5. The number of unbranched alkanes of at least 4 members (excludes halogenated alkanes) is 1. The Labute approximate surface area is 401 Å². The number of aryl methyl sites for hydroxylation is 1. The number of hydrogen-bond donors (Lipinski definition) is 3. The first-order valence-electron chi connectivity index (χ1n) is 23.9. The molecular formula is C50H73N7O8S2. The number of sulfonamides is 1. The molecule has 3 N–H and O–H groups in total. The van der Waals surface area contributed by atoms with E-state index in [4.69, 9.17) is 19.4 Å². The minimum absolute atomic E-state index is 0.0190. The summed E-state index contributed by atoms with van der Waals surface area (Å²) in [4.78, 5) is 70.0. The normalized spacial score (nSPS) is 21.8. The third-order valence-electron chi connectivity index (χ3n) is 13.2. The maximum absolute atomic E-state index is 14.9. The lowest BCUT2D eigenvalue weighted by Gasteiger charge is -2.36. The SMILES string of the molecule is C=CCCCC1(S(=O)(=O)NC(=O)[C@@]2(NC(=O)[C@@H]3C[C@@H](Oc4nc5c(-c6nc(C(C)C)c(CCC=C)s6)cccc5n4C(C)C)CN3C(=O)[C@@H](NC(=O)OC(C)(C)C)C(C)(C)C)C[C@H]2CC)CC1. The number of carbonyl (C=O) groups is 4. The molecule has 0 bridgehead atoms.